The second-order valence-corrected chi connectivity index (χ2v) is 11.8. The van der Waals surface area contributed by atoms with Crippen LogP contribution in [0.25, 0.3) is 16.9 Å². The first-order valence-electron chi connectivity index (χ1n) is 13.1. The highest BCUT2D eigenvalue weighted by Crippen LogP contribution is 2.34. The molecule has 1 fully saturated rings. The monoisotopic (exact) mass is 619 g/mol. The quantitative estimate of drug-likeness (QED) is 0.252. The lowest BCUT2D eigenvalue weighted by Crippen LogP contribution is -2.50. The summed E-state index contributed by atoms with van der Waals surface area (Å²) < 4.78 is 102. The summed E-state index contributed by atoms with van der Waals surface area (Å²) in [6.45, 7) is 1.30. The molecule has 5 rings (SSSR count). The third kappa shape index (κ3) is 5.87. The van der Waals surface area contributed by atoms with Gasteiger partial charge in [-0.25, -0.2) is 17.2 Å². The molecular formula is C30H26F5N3O4S. The van der Waals surface area contributed by atoms with E-state index < -0.39 is 44.2 Å². The molecule has 0 bridgehead atoms. The molecule has 0 radical (unpaired) electrons. The molecule has 0 saturated carbocycles. The van der Waals surface area contributed by atoms with Crippen LogP contribution in [0.2, 0.25) is 0 Å². The average molecular weight is 620 g/mol. The minimum absolute atomic E-state index is 0.0234. The summed E-state index contributed by atoms with van der Waals surface area (Å²) in [5.74, 6) is -1.45. The number of ether oxygens (including phenoxy) is 1. The van der Waals surface area contributed by atoms with Crippen LogP contribution in [-0.4, -0.2) is 61.4 Å². The SMILES string of the molecule is COc1ccc(-c2cc(C(=O)N3CCN(S(=O)(=O)c4cccc(C(F)(F)F)c4)CC3)c(C)n2-c2ccc(F)cc2F)cc1. The number of methoxy groups -OCH3 is 1. The zero-order valence-electron chi connectivity index (χ0n) is 23.0. The summed E-state index contributed by atoms with van der Waals surface area (Å²) in [4.78, 5) is 14.7. The maximum atomic E-state index is 15.0. The number of aromatic nitrogens is 1. The van der Waals surface area contributed by atoms with Gasteiger partial charge in [0, 0.05) is 37.9 Å². The molecule has 0 unspecified atom stereocenters. The molecule has 0 aliphatic carbocycles. The standard InChI is InChI=1S/C30H26F5N3O4S/c1-19-25(18-28(20-6-9-23(42-2)10-7-20)38(19)27-11-8-22(31)17-26(27)32)29(39)36-12-14-37(15-13-36)43(40,41)24-5-3-4-21(16-24)30(33,34)35/h3-11,16-18H,12-15H2,1-2H3. The second kappa shape index (κ2) is 11.5. The first kappa shape index (κ1) is 30.2. The van der Waals surface area contributed by atoms with E-state index in [1.54, 1.807) is 37.3 Å². The van der Waals surface area contributed by atoms with Crippen molar-refractivity contribution >= 4 is 15.9 Å². The normalized spacial score (nSPS) is 14.6. The summed E-state index contributed by atoms with van der Waals surface area (Å²) in [5.41, 5.74) is 0.640. The predicted molar refractivity (Wildman–Crippen MR) is 149 cm³/mol. The van der Waals surface area contributed by atoms with E-state index in [0.717, 1.165) is 34.6 Å². The van der Waals surface area contributed by atoms with Crippen molar-refractivity contribution in [2.45, 2.75) is 18.0 Å². The van der Waals surface area contributed by atoms with Crippen LogP contribution >= 0.6 is 0 Å². The second-order valence-electron chi connectivity index (χ2n) is 9.91. The number of carbonyl (C=O) groups is 1. The fourth-order valence-electron chi connectivity index (χ4n) is 5.05. The Morgan fingerprint density at radius 3 is 2.16 bits per heavy atom. The first-order chi connectivity index (χ1) is 20.3. The van der Waals surface area contributed by atoms with Gasteiger partial charge in [-0.1, -0.05) is 6.07 Å². The maximum absolute atomic E-state index is 15.0. The number of rotatable bonds is 6. The molecule has 0 spiro atoms. The van der Waals surface area contributed by atoms with Crippen LogP contribution in [0.3, 0.4) is 0 Å². The smallest absolute Gasteiger partial charge is 0.416 e. The minimum atomic E-state index is -4.70. The number of hydrogen-bond acceptors (Lipinski definition) is 4. The highest BCUT2D eigenvalue weighted by Gasteiger charge is 2.35. The number of amides is 1. The van der Waals surface area contributed by atoms with Crippen LogP contribution in [0.5, 0.6) is 5.75 Å². The summed E-state index contributed by atoms with van der Waals surface area (Å²) in [5, 5.41) is 0. The third-order valence-electron chi connectivity index (χ3n) is 7.34. The lowest BCUT2D eigenvalue weighted by atomic mass is 10.1. The highest BCUT2D eigenvalue weighted by molar-refractivity contribution is 7.89. The van der Waals surface area contributed by atoms with Crippen molar-refractivity contribution in [3.63, 3.8) is 0 Å². The molecule has 1 saturated heterocycles. The van der Waals surface area contributed by atoms with Crippen molar-refractivity contribution in [2.24, 2.45) is 0 Å². The van der Waals surface area contributed by atoms with E-state index >= 15 is 0 Å². The molecular weight excluding hydrogens is 593 g/mol. The molecule has 0 atom stereocenters. The van der Waals surface area contributed by atoms with Crippen molar-refractivity contribution in [3.8, 4) is 22.7 Å². The number of piperazine rings is 1. The van der Waals surface area contributed by atoms with Gasteiger partial charge in [-0.05, 0) is 73.2 Å². The maximum Gasteiger partial charge on any atom is 0.416 e. The van der Waals surface area contributed by atoms with Crippen LogP contribution in [0.1, 0.15) is 21.6 Å². The zero-order valence-corrected chi connectivity index (χ0v) is 23.8. The number of carbonyl (C=O) groups excluding carboxylic acids is 1. The Morgan fingerprint density at radius 1 is 0.884 bits per heavy atom. The van der Waals surface area contributed by atoms with E-state index in [-0.39, 0.29) is 37.4 Å². The van der Waals surface area contributed by atoms with E-state index in [1.165, 1.54) is 22.6 Å². The van der Waals surface area contributed by atoms with Crippen LogP contribution in [0.4, 0.5) is 22.0 Å². The lowest BCUT2D eigenvalue weighted by Gasteiger charge is -2.34. The van der Waals surface area contributed by atoms with Gasteiger partial charge in [0.1, 0.15) is 17.4 Å². The molecule has 13 heteroatoms. The van der Waals surface area contributed by atoms with Crippen molar-refractivity contribution < 1.29 is 39.9 Å². The predicted octanol–water partition coefficient (Wildman–Crippen LogP) is 5.91. The molecule has 4 aromatic rings. The molecule has 226 valence electrons. The molecule has 1 amide bonds. The van der Waals surface area contributed by atoms with Crippen LogP contribution < -0.4 is 4.74 Å². The van der Waals surface area contributed by atoms with Gasteiger partial charge in [0.2, 0.25) is 10.0 Å². The van der Waals surface area contributed by atoms with Crippen molar-refractivity contribution in [3.05, 3.63) is 101 Å². The third-order valence-corrected chi connectivity index (χ3v) is 9.23. The first-order valence-corrected chi connectivity index (χ1v) is 14.5. The van der Waals surface area contributed by atoms with Gasteiger partial charge in [-0.15, -0.1) is 0 Å². The molecule has 1 aliphatic heterocycles. The average Bonchev–Trinajstić information content (AvgIpc) is 3.33. The number of hydrogen-bond donors (Lipinski definition) is 0. The molecule has 3 aromatic carbocycles. The molecule has 43 heavy (non-hydrogen) atoms. The summed E-state index contributed by atoms with van der Waals surface area (Å²) in [6.07, 6.45) is -4.70. The lowest BCUT2D eigenvalue weighted by molar-refractivity contribution is -0.137. The minimum Gasteiger partial charge on any atom is -0.497 e. The largest absolute Gasteiger partial charge is 0.497 e. The van der Waals surface area contributed by atoms with Gasteiger partial charge in [0.15, 0.2) is 0 Å². The Labute approximate surface area is 244 Å². The highest BCUT2D eigenvalue weighted by atomic mass is 32.2. The fraction of sp³-hybridized carbons (Fsp3) is 0.233. The molecule has 7 nitrogen and oxygen atoms in total. The number of nitrogens with zero attached hydrogens (tertiary/aromatic N) is 3. The Kier molecular flexibility index (Phi) is 8.05. The summed E-state index contributed by atoms with van der Waals surface area (Å²) in [7, 11) is -2.74. The van der Waals surface area contributed by atoms with Crippen molar-refractivity contribution in [1.82, 2.24) is 13.8 Å². The van der Waals surface area contributed by atoms with Gasteiger partial charge in [0.05, 0.1) is 34.5 Å². The molecule has 0 N–H and O–H groups in total. The number of sulfonamides is 1. The van der Waals surface area contributed by atoms with Crippen LogP contribution in [0.15, 0.2) is 77.7 Å². The van der Waals surface area contributed by atoms with Crippen molar-refractivity contribution in [2.75, 3.05) is 33.3 Å². The van der Waals surface area contributed by atoms with E-state index in [2.05, 4.69) is 0 Å². The Hall–Kier alpha value is -4.23. The zero-order chi connectivity index (χ0) is 31.1. The fourth-order valence-corrected chi connectivity index (χ4v) is 6.52. The summed E-state index contributed by atoms with van der Waals surface area (Å²) >= 11 is 0. The number of alkyl halides is 3. The van der Waals surface area contributed by atoms with Gasteiger partial charge in [-0.3, -0.25) is 4.79 Å². The van der Waals surface area contributed by atoms with Crippen molar-refractivity contribution in [1.29, 1.82) is 0 Å². The Morgan fingerprint density at radius 2 is 1.56 bits per heavy atom. The Bertz CT molecular complexity index is 1780. The molecule has 2 heterocycles. The summed E-state index contributed by atoms with van der Waals surface area (Å²) in [6, 6.07) is 15.1. The van der Waals surface area contributed by atoms with Gasteiger partial charge in [-0.2, -0.15) is 17.5 Å². The molecule has 1 aliphatic rings. The van der Waals surface area contributed by atoms with E-state index in [0.29, 0.717) is 28.8 Å². The van der Waals surface area contributed by atoms with E-state index in [1.807, 2.05) is 0 Å². The Balaban J connectivity index is 1.43. The van der Waals surface area contributed by atoms with E-state index in [4.69, 9.17) is 4.74 Å². The number of benzene rings is 3. The van der Waals surface area contributed by atoms with Crippen LogP contribution in [-0.2, 0) is 16.2 Å². The van der Waals surface area contributed by atoms with Gasteiger partial charge < -0.3 is 14.2 Å². The van der Waals surface area contributed by atoms with Gasteiger partial charge in [0.25, 0.3) is 5.91 Å². The van der Waals surface area contributed by atoms with Gasteiger partial charge >= 0.3 is 6.18 Å². The van der Waals surface area contributed by atoms with E-state index in [9.17, 15) is 35.2 Å². The topological polar surface area (TPSA) is 71.8 Å². The van der Waals surface area contributed by atoms with Crippen LogP contribution in [0, 0.1) is 18.6 Å². The number of halogens is 5. The molecule has 1 aromatic heterocycles.